The average molecular weight is 337 g/mol. The molecule has 3 aromatic rings. The van der Waals surface area contributed by atoms with E-state index in [4.69, 9.17) is 5.73 Å². The topological polar surface area (TPSA) is 69.1 Å². The number of nitrogens with two attached hydrogens (primary N) is 1. The van der Waals surface area contributed by atoms with Crippen LogP contribution in [0.15, 0.2) is 28.6 Å². The van der Waals surface area contributed by atoms with E-state index in [1.165, 1.54) is 23.5 Å². The minimum Gasteiger partial charge on any atom is -0.321 e. The molecule has 1 atom stereocenters. The second-order valence-corrected chi connectivity index (χ2v) is 7.48. The van der Waals surface area contributed by atoms with E-state index < -0.39 is 0 Å². The second-order valence-electron chi connectivity index (χ2n) is 5.31. The Labute approximate surface area is 135 Å². The van der Waals surface area contributed by atoms with Crippen molar-refractivity contribution in [1.82, 2.24) is 19.8 Å². The predicted molar refractivity (Wildman–Crippen MR) is 86.4 cm³/mol. The molecule has 0 fully saturated rings. The predicted octanol–water partition coefficient (Wildman–Crippen LogP) is 3.27. The quantitative estimate of drug-likeness (QED) is 0.724. The van der Waals surface area contributed by atoms with Crippen molar-refractivity contribution in [1.29, 1.82) is 0 Å². The van der Waals surface area contributed by atoms with Crippen molar-refractivity contribution in [3.63, 3.8) is 0 Å². The largest absolute Gasteiger partial charge is 0.321 e. The Hall–Kier alpha value is -1.51. The maximum absolute atomic E-state index is 12.9. The lowest BCUT2D eigenvalue weighted by Gasteiger charge is -2.11. The minimum absolute atomic E-state index is 0.188. The molecular formula is C14H16FN5S2. The number of nitrogens with zero attached hydrogens (tertiary/aromatic N) is 4. The van der Waals surface area contributed by atoms with Crippen LogP contribution in [0.4, 0.5) is 4.39 Å². The summed E-state index contributed by atoms with van der Waals surface area (Å²) in [7, 11) is 0. The minimum atomic E-state index is -0.222. The third-order valence-corrected chi connectivity index (χ3v) is 5.39. The molecule has 1 unspecified atom stereocenters. The summed E-state index contributed by atoms with van der Waals surface area (Å²) in [5, 5.41) is 12.8. The van der Waals surface area contributed by atoms with Crippen LogP contribution >= 0.6 is 23.1 Å². The van der Waals surface area contributed by atoms with Crippen LogP contribution in [0.5, 0.6) is 0 Å². The van der Waals surface area contributed by atoms with Gasteiger partial charge in [0.1, 0.15) is 5.82 Å². The first-order valence-corrected chi connectivity index (χ1v) is 8.70. The fraction of sp³-hybridized carbons (Fsp3) is 0.357. The Morgan fingerprint density at radius 3 is 2.68 bits per heavy atom. The number of rotatable bonds is 5. The lowest BCUT2D eigenvalue weighted by atomic mass is 10.1. The zero-order valence-corrected chi connectivity index (χ0v) is 13.9. The van der Waals surface area contributed by atoms with Gasteiger partial charge in [0, 0.05) is 5.75 Å². The van der Waals surface area contributed by atoms with E-state index in [0.29, 0.717) is 5.82 Å². The molecule has 1 aromatic carbocycles. The van der Waals surface area contributed by atoms with Crippen LogP contribution in [0.25, 0.3) is 4.96 Å². The van der Waals surface area contributed by atoms with Crippen molar-refractivity contribution in [2.24, 2.45) is 11.7 Å². The Balaban J connectivity index is 1.76. The number of fused-ring (bicyclic) bond motifs is 1. The Morgan fingerprint density at radius 1 is 1.27 bits per heavy atom. The second kappa shape index (κ2) is 6.31. The van der Waals surface area contributed by atoms with Gasteiger partial charge in [-0.1, -0.05) is 49.1 Å². The molecule has 2 aromatic heterocycles. The van der Waals surface area contributed by atoms with Gasteiger partial charge in [-0.2, -0.15) is 4.52 Å². The van der Waals surface area contributed by atoms with Gasteiger partial charge < -0.3 is 5.73 Å². The van der Waals surface area contributed by atoms with Gasteiger partial charge >= 0.3 is 0 Å². The summed E-state index contributed by atoms with van der Waals surface area (Å²) < 4.78 is 15.5. The Kier molecular flexibility index (Phi) is 4.42. The van der Waals surface area contributed by atoms with Crippen molar-refractivity contribution in [3.05, 3.63) is 41.5 Å². The Bertz CT molecular complexity index is 765. The van der Waals surface area contributed by atoms with E-state index >= 15 is 0 Å². The molecule has 0 aliphatic heterocycles. The zero-order chi connectivity index (χ0) is 15.7. The van der Waals surface area contributed by atoms with Gasteiger partial charge in [0.05, 0.1) is 6.04 Å². The summed E-state index contributed by atoms with van der Waals surface area (Å²) in [6.45, 7) is 4.09. The normalized spacial score (nSPS) is 13.1. The van der Waals surface area contributed by atoms with Crippen molar-refractivity contribution >= 4 is 28.1 Å². The van der Waals surface area contributed by atoms with Crippen LogP contribution in [-0.2, 0) is 5.75 Å². The number of aromatic nitrogens is 4. The van der Waals surface area contributed by atoms with Crippen LogP contribution in [-0.4, -0.2) is 19.8 Å². The molecule has 0 saturated carbocycles. The average Bonchev–Trinajstić information content (AvgIpc) is 3.05. The monoisotopic (exact) mass is 337 g/mol. The SMILES string of the molecule is CC(C)C(N)c1nnc2sc(SCc3ccc(F)cc3)nn12. The third-order valence-electron chi connectivity index (χ3n) is 3.29. The summed E-state index contributed by atoms with van der Waals surface area (Å²) in [4.78, 5) is 0.743. The molecule has 8 heteroatoms. The highest BCUT2D eigenvalue weighted by Gasteiger charge is 2.20. The van der Waals surface area contributed by atoms with Crippen LogP contribution < -0.4 is 5.73 Å². The lowest BCUT2D eigenvalue weighted by Crippen LogP contribution is -2.20. The molecule has 2 heterocycles. The third kappa shape index (κ3) is 3.13. The standard InChI is InChI=1S/C14H16FN5S2/c1-8(2)11(16)12-17-18-13-20(12)19-14(22-13)21-7-9-3-5-10(15)6-4-9/h3-6,8,11H,7,16H2,1-2H3. The highest BCUT2D eigenvalue weighted by molar-refractivity contribution is 8.00. The molecule has 0 radical (unpaired) electrons. The molecule has 0 aliphatic rings. The van der Waals surface area contributed by atoms with Crippen molar-refractivity contribution in [2.45, 2.75) is 30.0 Å². The van der Waals surface area contributed by atoms with Crippen molar-refractivity contribution < 1.29 is 4.39 Å². The summed E-state index contributed by atoms with van der Waals surface area (Å²) in [6.07, 6.45) is 0. The maximum atomic E-state index is 12.9. The van der Waals surface area contributed by atoms with Gasteiger partial charge in [0.15, 0.2) is 10.2 Å². The van der Waals surface area contributed by atoms with Crippen molar-refractivity contribution in [3.8, 4) is 0 Å². The summed E-state index contributed by atoms with van der Waals surface area (Å²) in [5.41, 5.74) is 7.19. The van der Waals surface area contributed by atoms with Crippen LogP contribution in [0.1, 0.15) is 31.3 Å². The van der Waals surface area contributed by atoms with Gasteiger partial charge in [-0.15, -0.1) is 15.3 Å². The number of benzene rings is 1. The summed E-state index contributed by atoms with van der Waals surface area (Å²) in [5.74, 6) is 1.47. The molecule has 0 saturated heterocycles. The van der Waals surface area contributed by atoms with Crippen LogP contribution in [0, 0.1) is 11.7 Å². The number of thioether (sulfide) groups is 1. The first kappa shape index (κ1) is 15.4. The van der Waals surface area contributed by atoms with E-state index in [9.17, 15) is 4.39 Å². The van der Waals surface area contributed by atoms with Crippen LogP contribution in [0.3, 0.4) is 0 Å². The lowest BCUT2D eigenvalue weighted by molar-refractivity contribution is 0.479. The number of halogens is 1. The van der Waals surface area contributed by atoms with Gasteiger partial charge in [0.25, 0.3) is 0 Å². The van der Waals surface area contributed by atoms with E-state index in [2.05, 4.69) is 15.3 Å². The molecule has 5 nitrogen and oxygen atoms in total. The molecule has 0 amide bonds. The van der Waals surface area contributed by atoms with Gasteiger partial charge in [-0.3, -0.25) is 0 Å². The fourth-order valence-corrected chi connectivity index (χ4v) is 3.74. The molecule has 116 valence electrons. The number of hydrogen-bond donors (Lipinski definition) is 1. The first-order valence-electron chi connectivity index (χ1n) is 6.89. The molecule has 2 N–H and O–H groups in total. The Morgan fingerprint density at radius 2 is 2.00 bits per heavy atom. The van der Waals surface area contributed by atoms with E-state index in [1.807, 2.05) is 13.8 Å². The van der Waals surface area contributed by atoms with Crippen molar-refractivity contribution in [2.75, 3.05) is 0 Å². The fourth-order valence-electron chi connectivity index (χ4n) is 1.90. The summed E-state index contributed by atoms with van der Waals surface area (Å²) in [6, 6.07) is 6.31. The van der Waals surface area contributed by atoms with Gasteiger partial charge in [0.2, 0.25) is 4.96 Å². The van der Waals surface area contributed by atoms with E-state index in [1.54, 1.807) is 28.4 Å². The molecular weight excluding hydrogens is 321 g/mol. The highest BCUT2D eigenvalue weighted by atomic mass is 32.2. The van der Waals surface area contributed by atoms with Crippen LogP contribution in [0.2, 0.25) is 0 Å². The smallest absolute Gasteiger partial charge is 0.235 e. The number of hydrogen-bond acceptors (Lipinski definition) is 6. The molecule has 0 spiro atoms. The van der Waals surface area contributed by atoms with E-state index in [-0.39, 0.29) is 17.8 Å². The summed E-state index contributed by atoms with van der Waals surface area (Å²) >= 11 is 3.08. The van der Waals surface area contributed by atoms with Gasteiger partial charge in [-0.25, -0.2) is 4.39 Å². The molecule has 3 rings (SSSR count). The maximum Gasteiger partial charge on any atom is 0.235 e. The van der Waals surface area contributed by atoms with Gasteiger partial charge in [-0.05, 0) is 23.6 Å². The molecule has 0 bridgehead atoms. The molecule has 0 aliphatic carbocycles. The zero-order valence-electron chi connectivity index (χ0n) is 12.2. The molecule has 22 heavy (non-hydrogen) atoms. The van der Waals surface area contributed by atoms with E-state index in [0.717, 1.165) is 20.6 Å². The first-order chi connectivity index (χ1) is 10.5. The highest BCUT2D eigenvalue weighted by Crippen LogP contribution is 2.29.